The van der Waals surface area contributed by atoms with E-state index >= 15 is 0 Å². The van der Waals surface area contributed by atoms with Crippen molar-refractivity contribution in [1.82, 2.24) is 0 Å². The van der Waals surface area contributed by atoms with Gasteiger partial charge in [-0.1, -0.05) is 82.8 Å². The van der Waals surface area contributed by atoms with Gasteiger partial charge in [0.2, 0.25) is 0 Å². The highest BCUT2D eigenvalue weighted by Crippen LogP contribution is 2.64. The summed E-state index contributed by atoms with van der Waals surface area (Å²) in [6.07, 6.45) is 26.6. The van der Waals surface area contributed by atoms with Crippen LogP contribution in [-0.2, 0) is 32.0 Å². The number of carboxylic acids is 4. The lowest BCUT2D eigenvalue weighted by atomic mass is 9.72. The summed E-state index contributed by atoms with van der Waals surface area (Å²) in [7, 11) is 0. The Morgan fingerprint density at radius 2 is 0.984 bits per heavy atom. The second-order valence-corrected chi connectivity index (χ2v) is 20.4. The molecule has 5 aliphatic carbocycles. The topological polar surface area (TPSA) is 190 Å². The fourth-order valence-electron chi connectivity index (χ4n) is 11.2. The Morgan fingerprint density at radius 3 is 1.48 bits per heavy atom. The van der Waals surface area contributed by atoms with Gasteiger partial charge in [-0.25, -0.2) is 0 Å². The maximum absolute atomic E-state index is 13.0. The number of hydrogen-bond acceptors (Lipinski definition) is 6. The summed E-state index contributed by atoms with van der Waals surface area (Å²) in [4.78, 5) is 47.7. The maximum atomic E-state index is 13.0. The van der Waals surface area contributed by atoms with Gasteiger partial charge in [-0.2, -0.15) is 0 Å². The van der Waals surface area contributed by atoms with Crippen LogP contribution in [0.2, 0.25) is 0 Å². The van der Waals surface area contributed by atoms with E-state index in [2.05, 4.69) is 6.92 Å². The normalized spacial score (nSPS) is 25.1. The lowest BCUT2D eigenvalue weighted by molar-refractivity contribution is -0.145. The monoisotopic (exact) mass is 847 g/mol. The minimum Gasteiger partial charge on any atom is -0.512 e. The molecule has 10 nitrogen and oxygen atoms in total. The Balaban J connectivity index is 0.984. The lowest BCUT2D eigenvalue weighted by Gasteiger charge is -2.33. The first kappa shape index (κ1) is 46.7. The first-order chi connectivity index (χ1) is 29.2. The number of carboxylic acid groups (broad SMARTS) is 4. The first-order valence-electron chi connectivity index (χ1n) is 24.0. The van der Waals surface area contributed by atoms with E-state index in [4.69, 9.17) is 0 Å². The third-order valence-electron chi connectivity index (χ3n) is 16.1. The molecule has 6 N–H and O–H groups in total. The summed E-state index contributed by atoms with van der Waals surface area (Å²) in [5.74, 6) is -2.55. The van der Waals surface area contributed by atoms with Gasteiger partial charge in [0.25, 0.3) is 0 Å². The van der Waals surface area contributed by atoms with Crippen LogP contribution in [0, 0.1) is 39.4 Å². The van der Waals surface area contributed by atoms with Gasteiger partial charge in [0.15, 0.2) is 0 Å². The van der Waals surface area contributed by atoms with Gasteiger partial charge in [0, 0.05) is 5.92 Å². The van der Waals surface area contributed by atoms with E-state index in [0.29, 0.717) is 25.0 Å². The number of allylic oxidation sites excluding steroid dienone is 4. The number of unbranched alkanes of at least 4 members (excludes halogenated alkanes) is 10. The molecule has 5 aliphatic rings. The average Bonchev–Trinajstić information content (AvgIpc) is 4.02. The molecule has 4 saturated carbocycles. The molecule has 0 radical (unpaired) electrons. The smallest absolute Gasteiger partial charge is 0.309 e. The average molecular weight is 847 g/mol. The predicted octanol–water partition coefficient (Wildman–Crippen LogP) is 12.0. The number of phenolic OH excluding ortho intramolecular Hbond substituents is 1. The lowest BCUT2D eigenvalue weighted by Crippen LogP contribution is -2.28. The second-order valence-electron chi connectivity index (χ2n) is 20.4. The van der Waals surface area contributed by atoms with E-state index in [1.54, 1.807) is 6.07 Å². The van der Waals surface area contributed by atoms with E-state index in [1.807, 2.05) is 18.2 Å². The quantitative estimate of drug-likeness (QED) is 0.0392. The van der Waals surface area contributed by atoms with Gasteiger partial charge in [0.1, 0.15) is 5.75 Å². The van der Waals surface area contributed by atoms with Crippen LogP contribution in [0.25, 0.3) is 0 Å². The fourth-order valence-corrected chi connectivity index (χ4v) is 11.2. The molecule has 0 bridgehead atoms. The molecule has 338 valence electrons. The van der Waals surface area contributed by atoms with Crippen molar-refractivity contribution < 1.29 is 49.8 Å². The van der Waals surface area contributed by atoms with Gasteiger partial charge >= 0.3 is 23.9 Å². The number of aliphatic carboxylic acids is 4. The molecule has 4 atom stereocenters. The maximum Gasteiger partial charge on any atom is 0.309 e. The van der Waals surface area contributed by atoms with E-state index in [1.165, 1.54) is 11.1 Å². The molecule has 4 unspecified atom stereocenters. The molecular formula is C51H74O10. The van der Waals surface area contributed by atoms with Crippen LogP contribution in [0.1, 0.15) is 191 Å². The molecule has 4 fully saturated rings. The van der Waals surface area contributed by atoms with Gasteiger partial charge in [-0.3, -0.25) is 19.2 Å². The second kappa shape index (κ2) is 20.1. The third-order valence-corrected chi connectivity index (χ3v) is 16.1. The van der Waals surface area contributed by atoms with E-state index < -0.39 is 45.5 Å². The summed E-state index contributed by atoms with van der Waals surface area (Å²) < 4.78 is 0. The van der Waals surface area contributed by atoms with Gasteiger partial charge in [0.05, 0.1) is 27.4 Å². The van der Waals surface area contributed by atoms with Crippen LogP contribution in [0.4, 0.5) is 0 Å². The van der Waals surface area contributed by atoms with Crippen LogP contribution < -0.4 is 0 Å². The summed E-state index contributed by atoms with van der Waals surface area (Å²) in [5, 5.41) is 61.1. The zero-order valence-electron chi connectivity index (χ0n) is 36.9. The number of phenols is 1. The SMILES string of the molecule is CC1C(CCCCCCC2(C(=O)O)CC2)=C(CCCCCC2(C(=O)O)CC2)C=C(O)C1C1CC1(CCCCCc1ccc(O)cc1CCCCCCC1(C(=O)O)CC1)C(=O)O. The van der Waals surface area contributed by atoms with Crippen molar-refractivity contribution in [2.75, 3.05) is 0 Å². The van der Waals surface area contributed by atoms with E-state index in [9.17, 15) is 49.8 Å². The van der Waals surface area contributed by atoms with Crippen LogP contribution in [0.5, 0.6) is 5.75 Å². The Hall–Kier alpha value is -3.82. The minimum atomic E-state index is -0.845. The molecule has 6 rings (SSSR count). The van der Waals surface area contributed by atoms with E-state index in [-0.39, 0.29) is 23.5 Å². The Morgan fingerprint density at radius 1 is 0.541 bits per heavy atom. The largest absolute Gasteiger partial charge is 0.512 e. The summed E-state index contributed by atoms with van der Waals surface area (Å²) in [5.41, 5.74) is 2.54. The Kier molecular flexibility index (Phi) is 15.4. The Labute approximate surface area is 363 Å². The summed E-state index contributed by atoms with van der Waals surface area (Å²) in [6.45, 7) is 2.17. The minimum absolute atomic E-state index is 0.0159. The van der Waals surface area contributed by atoms with Gasteiger partial charge in [-0.15, -0.1) is 0 Å². The number of aliphatic hydroxyl groups is 1. The van der Waals surface area contributed by atoms with Crippen LogP contribution in [0.15, 0.2) is 41.2 Å². The molecule has 1 aromatic rings. The van der Waals surface area contributed by atoms with Crippen molar-refractivity contribution >= 4 is 23.9 Å². The summed E-state index contributed by atoms with van der Waals surface area (Å²) in [6, 6.07) is 5.61. The molecule has 0 saturated heterocycles. The van der Waals surface area contributed by atoms with Gasteiger partial charge < -0.3 is 30.6 Å². The molecule has 0 spiro atoms. The van der Waals surface area contributed by atoms with Crippen LogP contribution >= 0.6 is 0 Å². The molecule has 1 aromatic carbocycles. The van der Waals surface area contributed by atoms with Crippen LogP contribution in [0.3, 0.4) is 0 Å². The Bertz CT molecular complexity index is 1790. The molecular weight excluding hydrogens is 773 g/mol. The number of aryl methyl sites for hydroxylation is 2. The van der Waals surface area contributed by atoms with Crippen molar-refractivity contribution in [2.24, 2.45) is 39.4 Å². The van der Waals surface area contributed by atoms with Crippen molar-refractivity contribution in [3.8, 4) is 5.75 Å². The fraction of sp³-hybridized carbons (Fsp3) is 0.725. The predicted molar refractivity (Wildman–Crippen MR) is 234 cm³/mol. The number of rotatable bonds is 31. The number of carbonyl (C=O) groups is 4. The highest BCUT2D eigenvalue weighted by molar-refractivity contribution is 5.79. The zero-order valence-corrected chi connectivity index (χ0v) is 36.9. The van der Waals surface area contributed by atoms with Crippen LogP contribution in [-0.4, -0.2) is 54.5 Å². The van der Waals surface area contributed by atoms with Crippen molar-refractivity contribution in [2.45, 2.75) is 193 Å². The third kappa shape index (κ3) is 11.6. The first-order valence-corrected chi connectivity index (χ1v) is 24.0. The molecule has 10 heteroatoms. The molecule has 0 heterocycles. The number of aliphatic hydroxyl groups excluding tert-OH is 1. The zero-order chi connectivity index (χ0) is 43.8. The van der Waals surface area contributed by atoms with E-state index in [0.717, 1.165) is 178 Å². The van der Waals surface area contributed by atoms with Crippen molar-refractivity contribution in [3.63, 3.8) is 0 Å². The standard InChI is InChI=1S/C51H74O10/c1-35-40(19-11-3-5-13-23-49(28-29-49)45(56)57)38(18-10-6-14-24-50(30-31-50)46(58)59)33-42(53)43(35)41-34-51(41,47(60)61)25-15-7-9-16-36-20-21-39(52)32-37(36)17-8-2-4-12-22-48(26-27-48)44(54)55/h20-21,32-33,35,41,43,52-53H,2-19,22-31,34H2,1H3,(H,54,55)(H,56,57)(H,58,59)(H,60,61). The molecule has 61 heavy (non-hydrogen) atoms. The highest BCUT2D eigenvalue weighted by atomic mass is 16.4. The number of hydrogen-bond donors (Lipinski definition) is 6. The number of benzene rings is 1. The highest BCUT2D eigenvalue weighted by Gasteiger charge is 2.64. The summed E-state index contributed by atoms with van der Waals surface area (Å²) >= 11 is 0. The van der Waals surface area contributed by atoms with Crippen molar-refractivity contribution in [1.29, 1.82) is 0 Å². The number of aromatic hydroxyl groups is 1. The van der Waals surface area contributed by atoms with Gasteiger partial charge in [-0.05, 0) is 169 Å². The molecule has 0 aromatic heterocycles. The molecule has 0 aliphatic heterocycles. The molecule has 0 amide bonds. The van der Waals surface area contributed by atoms with Crippen molar-refractivity contribution in [3.05, 3.63) is 52.3 Å².